The summed E-state index contributed by atoms with van der Waals surface area (Å²) in [5.74, 6) is -1.08. The summed E-state index contributed by atoms with van der Waals surface area (Å²) >= 11 is 0. The summed E-state index contributed by atoms with van der Waals surface area (Å²) < 4.78 is 0. The Morgan fingerprint density at radius 2 is 2.07 bits per heavy atom. The van der Waals surface area contributed by atoms with Crippen molar-refractivity contribution in [2.45, 2.75) is 25.8 Å². The molecule has 15 heavy (non-hydrogen) atoms. The van der Waals surface area contributed by atoms with Crippen LogP contribution in [-0.4, -0.2) is 42.7 Å². The standard InChI is InChI=1S/C9H19N3O3/c1-2-4-12-8(13)3-5-11-6-7(10)9(14)15/h7,11H,2-6,10H2,1H3,(H,12,13)(H,14,15). The molecule has 6 heteroatoms. The van der Waals surface area contributed by atoms with E-state index in [1.54, 1.807) is 0 Å². The van der Waals surface area contributed by atoms with Gasteiger partial charge in [-0.1, -0.05) is 6.92 Å². The molecule has 0 fully saturated rings. The summed E-state index contributed by atoms with van der Waals surface area (Å²) in [4.78, 5) is 21.4. The molecule has 0 aromatic carbocycles. The number of carboxylic acids is 1. The van der Waals surface area contributed by atoms with E-state index >= 15 is 0 Å². The highest BCUT2D eigenvalue weighted by atomic mass is 16.4. The normalized spacial score (nSPS) is 12.1. The van der Waals surface area contributed by atoms with Crippen LogP contribution < -0.4 is 16.4 Å². The molecule has 0 aliphatic rings. The van der Waals surface area contributed by atoms with Crippen molar-refractivity contribution in [1.29, 1.82) is 0 Å². The molecule has 88 valence electrons. The van der Waals surface area contributed by atoms with Crippen molar-refractivity contribution in [2.24, 2.45) is 5.73 Å². The lowest BCUT2D eigenvalue weighted by Gasteiger charge is -2.08. The van der Waals surface area contributed by atoms with E-state index in [-0.39, 0.29) is 12.5 Å². The SMILES string of the molecule is CCCNC(=O)CCNCC(N)C(=O)O. The van der Waals surface area contributed by atoms with Gasteiger partial charge in [0.2, 0.25) is 5.91 Å². The lowest BCUT2D eigenvalue weighted by molar-refractivity contribution is -0.138. The number of nitrogens with one attached hydrogen (secondary N) is 2. The van der Waals surface area contributed by atoms with E-state index in [1.807, 2.05) is 6.92 Å². The van der Waals surface area contributed by atoms with Crippen LogP contribution in [-0.2, 0) is 9.59 Å². The van der Waals surface area contributed by atoms with Crippen molar-refractivity contribution >= 4 is 11.9 Å². The smallest absolute Gasteiger partial charge is 0.321 e. The highest BCUT2D eigenvalue weighted by Gasteiger charge is 2.10. The van der Waals surface area contributed by atoms with Gasteiger partial charge in [-0.15, -0.1) is 0 Å². The molecule has 1 amide bonds. The zero-order valence-electron chi connectivity index (χ0n) is 8.95. The Balaban J connectivity index is 3.38. The average molecular weight is 217 g/mol. The van der Waals surface area contributed by atoms with E-state index in [1.165, 1.54) is 0 Å². The molecule has 1 atom stereocenters. The number of hydrogen-bond donors (Lipinski definition) is 4. The predicted octanol–water partition coefficient (Wildman–Crippen LogP) is -1.10. The number of rotatable bonds is 8. The van der Waals surface area contributed by atoms with Crippen LogP contribution >= 0.6 is 0 Å². The molecule has 0 rings (SSSR count). The maximum atomic E-state index is 11.1. The average Bonchev–Trinajstić information content (AvgIpc) is 2.20. The van der Waals surface area contributed by atoms with E-state index < -0.39 is 12.0 Å². The lowest BCUT2D eigenvalue weighted by Crippen LogP contribution is -2.41. The predicted molar refractivity (Wildman–Crippen MR) is 56.4 cm³/mol. The van der Waals surface area contributed by atoms with Gasteiger partial charge in [0.25, 0.3) is 0 Å². The van der Waals surface area contributed by atoms with Crippen LogP contribution in [0.2, 0.25) is 0 Å². The van der Waals surface area contributed by atoms with E-state index in [0.29, 0.717) is 19.5 Å². The van der Waals surface area contributed by atoms with Crippen molar-refractivity contribution in [3.63, 3.8) is 0 Å². The second kappa shape index (κ2) is 8.19. The highest BCUT2D eigenvalue weighted by Crippen LogP contribution is 1.80. The number of carboxylic acid groups (broad SMARTS) is 1. The molecular weight excluding hydrogens is 198 g/mol. The second-order valence-corrected chi connectivity index (χ2v) is 3.25. The highest BCUT2D eigenvalue weighted by molar-refractivity contribution is 5.76. The first-order valence-electron chi connectivity index (χ1n) is 5.03. The number of hydrogen-bond acceptors (Lipinski definition) is 4. The summed E-state index contributed by atoms with van der Waals surface area (Å²) in [6, 6.07) is -0.913. The molecule has 0 spiro atoms. The van der Waals surface area contributed by atoms with Crippen LogP contribution in [0.3, 0.4) is 0 Å². The molecule has 0 saturated heterocycles. The molecule has 0 bridgehead atoms. The van der Waals surface area contributed by atoms with Crippen LogP contribution in [0.5, 0.6) is 0 Å². The third kappa shape index (κ3) is 7.90. The number of amides is 1. The number of carbonyl (C=O) groups excluding carboxylic acids is 1. The van der Waals surface area contributed by atoms with Crippen LogP contribution in [0, 0.1) is 0 Å². The molecule has 0 heterocycles. The fourth-order valence-corrected chi connectivity index (χ4v) is 0.900. The number of nitrogens with two attached hydrogens (primary N) is 1. The molecule has 0 aliphatic carbocycles. The van der Waals surface area contributed by atoms with Gasteiger partial charge < -0.3 is 21.5 Å². The van der Waals surface area contributed by atoms with Gasteiger partial charge >= 0.3 is 5.97 Å². The molecule has 5 N–H and O–H groups in total. The fraction of sp³-hybridized carbons (Fsp3) is 0.778. The summed E-state index contributed by atoms with van der Waals surface area (Å²) in [5.41, 5.74) is 5.25. The first-order chi connectivity index (χ1) is 7.07. The summed E-state index contributed by atoms with van der Waals surface area (Å²) in [7, 11) is 0. The van der Waals surface area contributed by atoms with E-state index in [4.69, 9.17) is 10.8 Å². The van der Waals surface area contributed by atoms with Gasteiger partial charge in [0.05, 0.1) is 0 Å². The second-order valence-electron chi connectivity index (χ2n) is 3.25. The Bertz CT molecular complexity index is 209. The van der Waals surface area contributed by atoms with Crippen LogP contribution in [0.15, 0.2) is 0 Å². The van der Waals surface area contributed by atoms with Crippen molar-refractivity contribution in [1.82, 2.24) is 10.6 Å². The Kier molecular flexibility index (Phi) is 7.57. The minimum absolute atomic E-state index is 0.0340. The van der Waals surface area contributed by atoms with E-state index in [2.05, 4.69) is 10.6 Å². The van der Waals surface area contributed by atoms with E-state index in [0.717, 1.165) is 6.42 Å². The molecule has 0 aromatic heterocycles. The van der Waals surface area contributed by atoms with Gasteiger partial charge in [-0.3, -0.25) is 9.59 Å². The topological polar surface area (TPSA) is 104 Å². The molecule has 1 unspecified atom stereocenters. The molecule has 0 saturated carbocycles. The number of aliphatic carboxylic acids is 1. The third-order valence-electron chi connectivity index (χ3n) is 1.78. The van der Waals surface area contributed by atoms with Crippen molar-refractivity contribution in [2.75, 3.05) is 19.6 Å². The van der Waals surface area contributed by atoms with Gasteiger partial charge in [0, 0.05) is 26.1 Å². The van der Waals surface area contributed by atoms with E-state index in [9.17, 15) is 9.59 Å². The summed E-state index contributed by atoms with van der Waals surface area (Å²) in [6.07, 6.45) is 1.25. The minimum Gasteiger partial charge on any atom is -0.480 e. The Morgan fingerprint density at radius 3 is 2.60 bits per heavy atom. The molecule has 0 aliphatic heterocycles. The summed E-state index contributed by atoms with van der Waals surface area (Å²) in [6.45, 7) is 3.27. The van der Waals surface area contributed by atoms with Gasteiger partial charge in [-0.05, 0) is 6.42 Å². The van der Waals surface area contributed by atoms with Gasteiger partial charge in [-0.2, -0.15) is 0 Å². The Hall–Kier alpha value is -1.14. The first-order valence-corrected chi connectivity index (χ1v) is 5.03. The largest absolute Gasteiger partial charge is 0.480 e. The van der Waals surface area contributed by atoms with Crippen molar-refractivity contribution in [3.8, 4) is 0 Å². The quantitative estimate of drug-likeness (QED) is 0.386. The minimum atomic E-state index is -1.04. The van der Waals surface area contributed by atoms with Gasteiger partial charge in [-0.25, -0.2) is 0 Å². The number of carbonyl (C=O) groups is 2. The molecular formula is C9H19N3O3. The molecule has 0 radical (unpaired) electrons. The lowest BCUT2D eigenvalue weighted by atomic mass is 10.3. The third-order valence-corrected chi connectivity index (χ3v) is 1.78. The zero-order valence-corrected chi connectivity index (χ0v) is 8.95. The Labute approximate surface area is 89.2 Å². The summed E-state index contributed by atoms with van der Waals surface area (Å²) in [5, 5.41) is 14.0. The fourth-order valence-electron chi connectivity index (χ4n) is 0.900. The molecule has 6 nitrogen and oxygen atoms in total. The Morgan fingerprint density at radius 1 is 1.40 bits per heavy atom. The monoisotopic (exact) mass is 217 g/mol. The van der Waals surface area contributed by atoms with Crippen LogP contribution in [0.1, 0.15) is 19.8 Å². The first kappa shape index (κ1) is 13.9. The van der Waals surface area contributed by atoms with Crippen LogP contribution in [0.4, 0.5) is 0 Å². The maximum Gasteiger partial charge on any atom is 0.321 e. The van der Waals surface area contributed by atoms with Crippen LogP contribution in [0.25, 0.3) is 0 Å². The molecule has 0 aromatic rings. The van der Waals surface area contributed by atoms with Gasteiger partial charge in [0.1, 0.15) is 6.04 Å². The zero-order chi connectivity index (χ0) is 11.7. The maximum absolute atomic E-state index is 11.1. The van der Waals surface area contributed by atoms with Crippen molar-refractivity contribution in [3.05, 3.63) is 0 Å². The van der Waals surface area contributed by atoms with Crippen molar-refractivity contribution < 1.29 is 14.7 Å². The van der Waals surface area contributed by atoms with Gasteiger partial charge in [0.15, 0.2) is 0 Å².